The molecule has 0 unspecified atom stereocenters. The number of alkyl halides is 2. The third-order valence-electron chi connectivity index (χ3n) is 1.54. The summed E-state index contributed by atoms with van der Waals surface area (Å²) in [5.41, 5.74) is 0. The molecular weight excluding hydrogens is 210 g/mol. The van der Waals surface area contributed by atoms with Gasteiger partial charge in [-0.15, -0.1) is 11.3 Å². The third-order valence-corrected chi connectivity index (χ3v) is 2.63. The standard InChI is InChI=1S/C8H12F2N2OS/c1-12(2)4-6-3-11-7(14-6)8(9,10)5-13/h3,13H,4-5H2,1-2H3. The summed E-state index contributed by atoms with van der Waals surface area (Å²) in [6.07, 6.45) is 1.42. The maximum atomic E-state index is 12.9. The summed E-state index contributed by atoms with van der Waals surface area (Å²) in [6.45, 7) is -0.610. The van der Waals surface area contributed by atoms with Gasteiger partial charge in [0.25, 0.3) is 0 Å². The number of nitrogens with zero attached hydrogens (tertiary/aromatic N) is 2. The highest BCUT2D eigenvalue weighted by molar-refractivity contribution is 7.11. The smallest absolute Gasteiger partial charge is 0.321 e. The molecule has 0 fully saturated rings. The van der Waals surface area contributed by atoms with E-state index in [0.29, 0.717) is 6.54 Å². The molecule has 0 aliphatic heterocycles. The van der Waals surface area contributed by atoms with E-state index in [1.165, 1.54) is 6.20 Å². The number of halogens is 2. The Morgan fingerprint density at radius 1 is 1.57 bits per heavy atom. The van der Waals surface area contributed by atoms with Crippen LogP contribution in [-0.2, 0) is 12.5 Å². The van der Waals surface area contributed by atoms with Gasteiger partial charge in [0.1, 0.15) is 6.61 Å². The highest BCUT2D eigenvalue weighted by atomic mass is 32.1. The molecule has 0 atom stereocenters. The van der Waals surface area contributed by atoms with Gasteiger partial charge in [-0.25, -0.2) is 4.98 Å². The van der Waals surface area contributed by atoms with E-state index < -0.39 is 12.5 Å². The van der Waals surface area contributed by atoms with Gasteiger partial charge in [-0.1, -0.05) is 0 Å². The van der Waals surface area contributed by atoms with Gasteiger partial charge in [0.2, 0.25) is 0 Å². The number of thiazole rings is 1. The van der Waals surface area contributed by atoms with Gasteiger partial charge in [-0.05, 0) is 14.1 Å². The molecule has 0 spiro atoms. The van der Waals surface area contributed by atoms with Gasteiger partial charge in [0.15, 0.2) is 5.01 Å². The average Bonchev–Trinajstić information content (AvgIpc) is 2.52. The van der Waals surface area contributed by atoms with Crippen LogP contribution in [0.3, 0.4) is 0 Å². The first-order valence-electron chi connectivity index (χ1n) is 4.04. The number of hydrogen-bond donors (Lipinski definition) is 1. The Kier molecular flexibility index (Phi) is 3.52. The lowest BCUT2D eigenvalue weighted by molar-refractivity contribution is -0.0557. The van der Waals surface area contributed by atoms with Crippen molar-refractivity contribution in [3.63, 3.8) is 0 Å². The summed E-state index contributed by atoms with van der Waals surface area (Å²) in [4.78, 5) is 6.23. The van der Waals surface area contributed by atoms with Crippen LogP contribution in [0.25, 0.3) is 0 Å². The van der Waals surface area contributed by atoms with E-state index in [4.69, 9.17) is 5.11 Å². The fourth-order valence-electron chi connectivity index (χ4n) is 0.929. The van der Waals surface area contributed by atoms with Crippen molar-refractivity contribution in [1.29, 1.82) is 0 Å². The molecule has 1 aromatic heterocycles. The van der Waals surface area contributed by atoms with Crippen molar-refractivity contribution >= 4 is 11.3 Å². The fourth-order valence-corrected chi connectivity index (χ4v) is 1.92. The normalized spacial score (nSPS) is 12.4. The Labute approximate surface area is 85.0 Å². The second-order valence-electron chi connectivity index (χ2n) is 3.23. The first-order valence-corrected chi connectivity index (χ1v) is 4.86. The topological polar surface area (TPSA) is 36.4 Å². The molecule has 0 radical (unpaired) electrons. The molecule has 0 amide bonds. The van der Waals surface area contributed by atoms with Crippen LogP contribution in [0.2, 0.25) is 0 Å². The maximum Gasteiger partial charge on any atom is 0.321 e. The van der Waals surface area contributed by atoms with Gasteiger partial charge >= 0.3 is 5.92 Å². The van der Waals surface area contributed by atoms with E-state index in [1.54, 1.807) is 0 Å². The lowest BCUT2D eigenvalue weighted by Crippen LogP contribution is -2.17. The van der Waals surface area contributed by atoms with Crippen molar-refractivity contribution in [3.8, 4) is 0 Å². The second-order valence-corrected chi connectivity index (χ2v) is 4.35. The molecule has 14 heavy (non-hydrogen) atoms. The molecule has 1 aromatic rings. The monoisotopic (exact) mass is 222 g/mol. The Balaban J connectivity index is 2.77. The third kappa shape index (κ3) is 2.70. The molecule has 3 nitrogen and oxygen atoms in total. The van der Waals surface area contributed by atoms with Crippen LogP contribution in [0, 0.1) is 0 Å². The number of aliphatic hydroxyl groups excluding tert-OH is 1. The van der Waals surface area contributed by atoms with Gasteiger partial charge in [-0.3, -0.25) is 0 Å². The van der Waals surface area contributed by atoms with Crippen molar-refractivity contribution < 1.29 is 13.9 Å². The quantitative estimate of drug-likeness (QED) is 0.834. The van der Waals surface area contributed by atoms with E-state index in [0.717, 1.165) is 16.2 Å². The zero-order valence-corrected chi connectivity index (χ0v) is 8.81. The summed E-state index contributed by atoms with van der Waals surface area (Å²) in [5.74, 6) is -3.21. The van der Waals surface area contributed by atoms with Crippen molar-refractivity contribution in [2.75, 3.05) is 20.7 Å². The van der Waals surface area contributed by atoms with E-state index in [1.807, 2.05) is 19.0 Å². The molecule has 1 rings (SSSR count). The van der Waals surface area contributed by atoms with Crippen molar-refractivity contribution in [1.82, 2.24) is 9.88 Å². The summed E-state index contributed by atoms with van der Waals surface area (Å²) in [7, 11) is 3.70. The van der Waals surface area contributed by atoms with E-state index >= 15 is 0 Å². The molecule has 6 heteroatoms. The van der Waals surface area contributed by atoms with Gasteiger partial charge < -0.3 is 10.0 Å². The predicted octanol–water partition coefficient (Wildman–Crippen LogP) is 1.29. The van der Waals surface area contributed by atoms with E-state index in [-0.39, 0.29) is 5.01 Å². The van der Waals surface area contributed by atoms with Crippen LogP contribution in [-0.4, -0.2) is 35.7 Å². The van der Waals surface area contributed by atoms with Crippen LogP contribution >= 0.6 is 11.3 Å². The molecule has 0 saturated heterocycles. The van der Waals surface area contributed by atoms with Crippen molar-refractivity contribution in [2.45, 2.75) is 12.5 Å². The van der Waals surface area contributed by atoms with Gasteiger partial charge in [0, 0.05) is 17.6 Å². The molecule has 1 heterocycles. The summed E-state index contributed by atoms with van der Waals surface area (Å²) < 4.78 is 25.8. The minimum atomic E-state index is -3.21. The second kappa shape index (κ2) is 4.29. The SMILES string of the molecule is CN(C)Cc1cnc(C(F)(F)CO)s1. The zero-order valence-electron chi connectivity index (χ0n) is 8.00. The molecule has 0 aliphatic rings. The number of aromatic nitrogens is 1. The Morgan fingerprint density at radius 2 is 2.21 bits per heavy atom. The first kappa shape index (κ1) is 11.5. The van der Waals surface area contributed by atoms with Gasteiger partial charge in [0.05, 0.1) is 0 Å². The summed E-state index contributed by atoms with van der Waals surface area (Å²) in [6, 6.07) is 0. The molecule has 0 saturated carbocycles. The molecule has 0 aromatic carbocycles. The molecule has 0 bridgehead atoms. The molecular formula is C8H12F2N2OS. The molecule has 0 aliphatic carbocycles. The first-order chi connectivity index (χ1) is 6.45. The maximum absolute atomic E-state index is 12.9. The largest absolute Gasteiger partial charge is 0.390 e. The lowest BCUT2D eigenvalue weighted by Gasteiger charge is -2.08. The summed E-state index contributed by atoms with van der Waals surface area (Å²) in [5, 5.41) is 8.12. The highest BCUT2D eigenvalue weighted by Crippen LogP contribution is 2.30. The highest BCUT2D eigenvalue weighted by Gasteiger charge is 2.34. The predicted molar refractivity (Wildman–Crippen MR) is 50.5 cm³/mol. The van der Waals surface area contributed by atoms with Gasteiger partial charge in [-0.2, -0.15) is 8.78 Å². The van der Waals surface area contributed by atoms with Crippen molar-refractivity contribution in [2.24, 2.45) is 0 Å². The Hall–Kier alpha value is -0.590. The fraction of sp³-hybridized carbons (Fsp3) is 0.625. The Bertz CT molecular complexity index is 301. The van der Waals surface area contributed by atoms with Crippen LogP contribution in [0.5, 0.6) is 0 Å². The zero-order chi connectivity index (χ0) is 10.8. The van der Waals surface area contributed by atoms with Crippen LogP contribution in [0.4, 0.5) is 8.78 Å². The summed E-state index contributed by atoms with van der Waals surface area (Å²) >= 11 is 0.930. The number of hydrogen-bond acceptors (Lipinski definition) is 4. The molecule has 80 valence electrons. The van der Waals surface area contributed by atoms with Crippen molar-refractivity contribution in [3.05, 3.63) is 16.1 Å². The lowest BCUT2D eigenvalue weighted by atomic mass is 10.4. The number of aliphatic hydroxyl groups is 1. The van der Waals surface area contributed by atoms with Crippen LogP contribution in [0.1, 0.15) is 9.88 Å². The van der Waals surface area contributed by atoms with E-state index in [9.17, 15) is 8.78 Å². The number of rotatable bonds is 4. The minimum Gasteiger partial charge on any atom is -0.390 e. The van der Waals surface area contributed by atoms with Crippen LogP contribution < -0.4 is 0 Å². The minimum absolute atomic E-state index is 0.322. The Morgan fingerprint density at radius 3 is 2.71 bits per heavy atom. The van der Waals surface area contributed by atoms with Crippen LogP contribution in [0.15, 0.2) is 6.20 Å². The average molecular weight is 222 g/mol. The molecule has 1 N–H and O–H groups in total. The van der Waals surface area contributed by atoms with E-state index in [2.05, 4.69) is 4.98 Å².